The number of nitrogens with zero attached hydrogens (tertiary/aromatic N) is 4. The van der Waals surface area contributed by atoms with Crippen molar-refractivity contribution >= 4 is 22.5 Å². The highest BCUT2D eigenvalue weighted by Gasteiger charge is 2.21. The van der Waals surface area contributed by atoms with E-state index in [0.29, 0.717) is 19.4 Å². The SMILES string of the molecule is Cc1nc2c3ccccc3nn2c(C)c1CCC(=O)NCCCN1CC(C)OC(C)C1. The summed E-state index contributed by atoms with van der Waals surface area (Å²) >= 11 is 0. The van der Waals surface area contributed by atoms with Crippen LogP contribution in [-0.4, -0.2) is 63.8 Å². The molecule has 0 saturated carbocycles. The lowest BCUT2D eigenvalue weighted by atomic mass is 10.1. The molecular formula is C24H33N5O2. The molecule has 1 aromatic carbocycles. The number of fused-ring (bicyclic) bond motifs is 3. The molecule has 1 amide bonds. The molecule has 4 rings (SSSR count). The molecule has 2 atom stereocenters. The number of carbonyl (C=O) groups is 1. The van der Waals surface area contributed by atoms with Crippen LogP contribution in [0.1, 0.15) is 43.6 Å². The summed E-state index contributed by atoms with van der Waals surface area (Å²) in [4.78, 5) is 19.6. The summed E-state index contributed by atoms with van der Waals surface area (Å²) in [5.74, 6) is 0.0910. The van der Waals surface area contributed by atoms with Crippen molar-refractivity contribution in [2.45, 2.75) is 59.2 Å². The molecule has 0 bridgehead atoms. The fourth-order valence-electron chi connectivity index (χ4n) is 4.66. The van der Waals surface area contributed by atoms with Gasteiger partial charge in [-0.15, -0.1) is 0 Å². The zero-order valence-corrected chi connectivity index (χ0v) is 19.0. The van der Waals surface area contributed by atoms with Crippen molar-refractivity contribution < 1.29 is 9.53 Å². The summed E-state index contributed by atoms with van der Waals surface area (Å²) in [6.45, 7) is 11.9. The van der Waals surface area contributed by atoms with Crippen molar-refractivity contribution in [2.24, 2.45) is 0 Å². The summed E-state index contributed by atoms with van der Waals surface area (Å²) in [7, 11) is 0. The Balaban J connectivity index is 1.30. The number of hydrogen-bond acceptors (Lipinski definition) is 5. The van der Waals surface area contributed by atoms with E-state index in [2.05, 4.69) is 37.1 Å². The predicted octanol–water partition coefficient (Wildman–Crippen LogP) is 3.05. The molecule has 1 aliphatic heterocycles. The molecule has 1 fully saturated rings. The number of amides is 1. The van der Waals surface area contributed by atoms with Crippen molar-refractivity contribution in [3.8, 4) is 0 Å². The molecule has 0 spiro atoms. The topological polar surface area (TPSA) is 71.8 Å². The van der Waals surface area contributed by atoms with E-state index in [1.165, 1.54) is 0 Å². The average molecular weight is 424 g/mol. The highest BCUT2D eigenvalue weighted by atomic mass is 16.5. The standard InChI is InChI=1S/C24H33N5O2/c1-16-14-28(15-17(2)31-16)13-7-12-25-23(30)11-10-20-18(3)26-24-21-8-5-6-9-22(21)27-29(24)19(20)4/h5-6,8-9,16-17H,7,10-15H2,1-4H3,(H,25,30). The van der Waals surface area contributed by atoms with E-state index in [0.717, 1.165) is 59.6 Å². The Morgan fingerprint density at radius 3 is 2.71 bits per heavy atom. The van der Waals surface area contributed by atoms with Crippen LogP contribution in [0.4, 0.5) is 0 Å². The Kier molecular flexibility index (Phi) is 6.53. The maximum Gasteiger partial charge on any atom is 0.220 e. The van der Waals surface area contributed by atoms with Crippen molar-refractivity contribution in [2.75, 3.05) is 26.2 Å². The van der Waals surface area contributed by atoms with Gasteiger partial charge in [-0.25, -0.2) is 9.50 Å². The van der Waals surface area contributed by atoms with Gasteiger partial charge in [0.2, 0.25) is 5.91 Å². The predicted molar refractivity (Wildman–Crippen MR) is 122 cm³/mol. The van der Waals surface area contributed by atoms with Crippen LogP contribution in [0.2, 0.25) is 0 Å². The first-order valence-corrected chi connectivity index (χ1v) is 11.3. The van der Waals surface area contributed by atoms with E-state index in [9.17, 15) is 4.79 Å². The molecule has 0 aliphatic carbocycles. The number of nitrogens with one attached hydrogen (secondary N) is 1. The molecule has 1 saturated heterocycles. The van der Waals surface area contributed by atoms with Gasteiger partial charge in [0.05, 0.1) is 17.7 Å². The minimum absolute atomic E-state index is 0.0910. The third-order valence-electron chi connectivity index (χ3n) is 6.09. The number of ether oxygens (including phenoxy) is 1. The molecule has 1 aliphatic rings. The second-order valence-electron chi connectivity index (χ2n) is 8.73. The monoisotopic (exact) mass is 423 g/mol. The number of aryl methyl sites for hydroxylation is 2. The second-order valence-corrected chi connectivity index (χ2v) is 8.73. The Labute approximate surface area is 183 Å². The van der Waals surface area contributed by atoms with E-state index in [4.69, 9.17) is 14.8 Å². The Bertz CT molecular complexity index is 1070. The summed E-state index contributed by atoms with van der Waals surface area (Å²) < 4.78 is 7.69. The molecular weight excluding hydrogens is 390 g/mol. The number of aromatic nitrogens is 3. The molecule has 2 aromatic heterocycles. The van der Waals surface area contributed by atoms with Gasteiger partial charge in [-0.3, -0.25) is 9.69 Å². The van der Waals surface area contributed by atoms with Crippen LogP contribution in [0, 0.1) is 13.8 Å². The molecule has 7 heteroatoms. The summed E-state index contributed by atoms with van der Waals surface area (Å²) in [5, 5.41) is 8.83. The zero-order chi connectivity index (χ0) is 22.0. The third-order valence-corrected chi connectivity index (χ3v) is 6.09. The average Bonchev–Trinajstić information content (AvgIpc) is 3.09. The van der Waals surface area contributed by atoms with E-state index in [-0.39, 0.29) is 18.1 Å². The molecule has 0 radical (unpaired) electrons. The van der Waals surface area contributed by atoms with Crippen molar-refractivity contribution in [1.82, 2.24) is 24.8 Å². The lowest BCUT2D eigenvalue weighted by Crippen LogP contribution is -2.46. The molecule has 1 N–H and O–H groups in total. The first kappa shape index (κ1) is 21.7. The Morgan fingerprint density at radius 1 is 1.19 bits per heavy atom. The van der Waals surface area contributed by atoms with Crippen molar-refractivity contribution in [3.63, 3.8) is 0 Å². The van der Waals surface area contributed by atoms with Crippen LogP contribution in [0.5, 0.6) is 0 Å². The molecule has 31 heavy (non-hydrogen) atoms. The Hall–Kier alpha value is -2.51. The zero-order valence-electron chi connectivity index (χ0n) is 19.0. The van der Waals surface area contributed by atoms with Crippen LogP contribution in [0.25, 0.3) is 16.6 Å². The van der Waals surface area contributed by atoms with Crippen molar-refractivity contribution in [3.05, 3.63) is 41.2 Å². The molecule has 3 heterocycles. The van der Waals surface area contributed by atoms with Gasteiger partial charge in [-0.2, -0.15) is 5.10 Å². The lowest BCUT2D eigenvalue weighted by Gasteiger charge is -2.35. The van der Waals surface area contributed by atoms with E-state index < -0.39 is 0 Å². The van der Waals surface area contributed by atoms with Crippen LogP contribution in [0.15, 0.2) is 24.3 Å². The number of morpholine rings is 1. The number of rotatable bonds is 7. The number of carbonyl (C=O) groups excluding carboxylic acids is 1. The smallest absolute Gasteiger partial charge is 0.220 e. The highest BCUT2D eigenvalue weighted by molar-refractivity contribution is 5.92. The van der Waals surface area contributed by atoms with Gasteiger partial charge in [0.1, 0.15) is 0 Å². The summed E-state index contributed by atoms with van der Waals surface area (Å²) in [6.07, 6.45) is 2.64. The van der Waals surface area contributed by atoms with Crippen LogP contribution in [-0.2, 0) is 16.0 Å². The minimum atomic E-state index is 0.0910. The largest absolute Gasteiger partial charge is 0.373 e. The van der Waals surface area contributed by atoms with Gasteiger partial charge >= 0.3 is 0 Å². The van der Waals surface area contributed by atoms with Crippen molar-refractivity contribution in [1.29, 1.82) is 0 Å². The second kappa shape index (κ2) is 9.32. The first-order chi connectivity index (χ1) is 14.9. The first-order valence-electron chi connectivity index (χ1n) is 11.3. The van der Waals surface area contributed by atoms with E-state index in [1.807, 2.05) is 29.6 Å². The van der Waals surface area contributed by atoms with E-state index in [1.54, 1.807) is 0 Å². The van der Waals surface area contributed by atoms with E-state index >= 15 is 0 Å². The van der Waals surface area contributed by atoms with Gasteiger partial charge in [0, 0.05) is 49.4 Å². The molecule has 3 aromatic rings. The van der Waals surface area contributed by atoms with Gasteiger partial charge < -0.3 is 10.1 Å². The maximum atomic E-state index is 12.4. The molecule has 2 unspecified atom stereocenters. The number of hydrogen-bond donors (Lipinski definition) is 1. The maximum absolute atomic E-state index is 12.4. The summed E-state index contributed by atoms with van der Waals surface area (Å²) in [5.41, 5.74) is 4.95. The van der Waals surface area contributed by atoms with Gasteiger partial charge in [0.25, 0.3) is 0 Å². The lowest BCUT2D eigenvalue weighted by molar-refractivity contribution is -0.121. The van der Waals surface area contributed by atoms with Gasteiger partial charge in [-0.05, 0) is 58.2 Å². The van der Waals surface area contributed by atoms with Crippen LogP contribution < -0.4 is 5.32 Å². The number of benzene rings is 1. The minimum Gasteiger partial charge on any atom is -0.373 e. The highest BCUT2D eigenvalue weighted by Crippen LogP contribution is 2.22. The quantitative estimate of drug-likeness (QED) is 0.592. The van der Waals surface area contributed by atoms with Crippen LogP contribution in [0.3, 0.4) is 0 Å². The van der Waals surface area contributed by atoms with Gasteiger partial charge in [-0.1, -0.05) is 12.1 Å². The Morgan fingerprint density at radius 2 is 1.94 bits per heavy atom. The fraction of sp³-hybridized carbons (Fsp3) is 0.542. The normalized spacial score (nSPS) is 19.9. The fourth-order valence-corrected chi connectivity index (χ4v) is 4.66. The summed E-state index contributed by atoms with van der Waals surface area (Å²) in [6, 6.07) is 8.05. The van der Waals surface area contributed by atoms with Gasteiger partial charge in [0.15, 0.2) is 5.65 Å². The molecule has 166 valence electrons. The molecule has 7 nitrogen and oxygen atoms in total. The third kappa shape index (κ3) is 4.88. The van der Waals surface area contributed by atoms with Crippen LogP contribution >= 0.6 is 0 Å².